The standard InChI is InChI=1S/C23H22N2O3/c1-16(23(26)27)14-17-6-8-18(9-7-17)28-13-12-25-21-5-3-2-4-19(21)20-10-11-24-15-22(20)25/h2-11,15-16H,12-14H2,1H3,(H,26,27). The summed E-state index contributed by atoms with van der Waals surface area (Å²) < 4.78 is 8.16. The zero-order valence-electron chi connectivity index (χ0n) is 15.7. The molecule has 4 rings (SSSR count). The highest BCUT2D eigenvalue weighted by Gasteiger charge is 2.12. The second-order valence-corrected chi connectivity index (χ2v) is 7.00. The van der Waals surface area contributed by atoms with Crippen LogP contribution in [-0.4, -0.2) is 27.2 Å². The molecule has 5 heteroatoms. The van der Waals surface area contributed by atoms with Gasteiger partial charge in [-0.2, -0.15) is 0 Å². The number of para-hydroxylation sites is 1. The first-order valence-electron chi connectivity index (χ1n) is 9.39. The van der Waals surface area contributed by atoms with Crippen LogP contribution in [0.2, 0.25) is 0 Å². The second kappa shape index (κ2) is 7.72. The number of benzene rings is 2. The molecule has 2 heterocycles. The van der Waals surface area contributed by atoms with Gasteiger partial charge in [-0.25, -0.2) is 0 Å². The molecule has 0 saturated heterocycles. The molecule has 0 amide bonds. The quantitative estimate of drug-likeness (QED) is 0.516. The molecule has 0 aliphatic carbocycles. The molecule has 2 aromatic heterocycles. The molecule has 0 radical (unpaired) electrons. The van der Waals surface area contributed by atoms with Crippen molar-refractivity contribution in [2.75, 3.05) is 6.61 Å². The summed E-state index contributed by atoms with van der Waals surface area (Å²) in [6.07, 6.45) is 4.24. The van der Waals surface area contributed by atoms with Gasteiger partial charge in [-0.1, -0.05) is 37.3 Å². The van der Waals surface area contributed by atoms with Crippen molar-refractivity contribution in [1.82, 2.24) is 9.55 Å². The Morgan fingerprint density at radius 2 is 1.82 bits per heavy atom. The first kappa shape index (κ1) is 18.0. The second-order valence-electron chi connectivity index (χ2n) is 7.00. The number of aliphatic carboxylic acids is 1. The molecule has 1 unspecified atom stereocenters. The van der Waals surface area contributed by atoms with E-state index in [0.29, 0.717) is 19.6 Å². The molecule has 1 N–H and O–H groups in total. The highest BCUT2D eigenvalue weighted by Crippen LogP contribution is 2.28. The number of rotatable bonds is 7. The van der Waals surface area contributed by atoms with E-state index in [1.807, 2.05) is 48.8 Å². The Morgan fingerprint density at radius 3 is 2.61 bits per heavy atom. The Kier molecular flexibility index (Phi) is 4.98. The van der Waals surface area contributed by atoms with Crippen LogP contribution in [0.1, 0.15) is 12.5 Å². The summed E-state index contributed by atoms with van der Waals surface area (Å²) in [7, 11) is 0. The van der Waals surface area contributed by atoms with Gasteiger partial charge in [-0.05, 0) is 36.2 Å². The van der Waals surface area contributed by atoms with Crippen LogP contribution in [0.4, 0.5) is 0 Å². The molecule has 0 spiro atoms. The van der Waals surface area contributed by atoms with Crippen molar-refractivity contribution in [2.45, 2.75) is 19.9 Å². The van der Waals surface area contributed by atoms with E-state index < -0.39 is 11.9 Å². The van der Waals surface area contributed by atoms with E-state index in [1.165, 1.54) is 16.3 Å². The largest absolute Gasteiger partial charge is 0.492 e. The van der Waals surface area contributed by atoms with Crippen LogP contribution in [0.15, 0.2) is 67.0 Å². The number of aromatic nitrogens is 2. The van der Waals surface area contributed by atoms with Crippen LogP contribution < -0.4 is 4.74 Å². The number of carboxylic acids is 1. The molecular weight excluding hydrogens is 352 g/mol. The summed E-state index contributed by atoms with van der Waals surface area (Å²) in [4.78, 5) is 15.3. The van der Waals surface area contributed by atoms with E-state index in [-0.39, 0.29) is 0 Å². The number of carbonyl (C=O) groups is 1. The number of pyridine rings is 1. The van der Waals surface area contributed by atoms with Gasteiger partial charge < -0.3 is 14.4 Å². The number of ether oxygens (including phenoxy) is 1. The molecule has 4 aromatic rings. The van der Waals surface area contributed by atoms with Crippen molar-refractivity contribution in [2.24, 2.45) is 5.92 Å². The van der Waals surface area contributed by atoms with Crippen molar-refractivity contribution in [3.05, 3.63) is 72.6 Å². The van der Waals surface area contributed by atoms with E-state index in [4.69, 9.17) is 9.84 Å². The van der Waals surface area contributed by atoms with Gasteiger partial charge >= 0.3 is 5.97 Å². The highest BCUT2D eigenvalue weighted by molar-refractivity contribution is 6.07. The predicted octanol–water partition coefficient (Wildman–Crippen LogP) is 4.53. The van der Waals surface area contributed by atoms with Crippen LogP contribution in [-0.2, 0) is 17.8 Å². The molecule has 0 aliphatic rings. The first-order chi connectivity index (χ1) is 13.6. The van der Waals surface area contributed by atoms with Crippen molar-refractivity contribution in [1.29, 1.82) is 0 Å². The third-order valence-corrected chi connectivity index (χ3v) is 5.05. The lowest BCUT2D eigenvalue weighted by Gasteiger charge is -2.11. The number of nitrogens with zero attached hydrogens (tertiary/aromatic N) is 2. The summed E-state index contributed by atoms with van der Waals surface area (Å²) in [5.41, 5.74) is 3.27. The third kappa shape index (κ3) is 3.56. The maximum Gasteiger partial charge on any atom is 0.306 e. The van der Waals surface area contributed by atoms with Gasteiger partial charge in [0, 0.05) is 22.5 Å². The van der Waals surface area contributed by atoms with Gasteiger partial charge in [0.05, 0.1) is 24.2 Å². The Hall–Kier alpha value is -3.34. The Morgan fingerprint density at radius 1 is 1.07 bits per heavy atom. The van der Waals surface area contributed by atoms with Gasteiger partial charge in [-0.3, -0.25) is 9.78 Å². The molecule has 1 atom stereocenters. The molecule has 5 nitrogen and oxygen atoms in total. The topological polar surface area (TPSA) is 64.4 Å². The maximum atomic E-state index is 11.0. The average Bonchev–Trinajstić information content (AvgIpc) is 3.03. The Bertz CT molecular complexity index is 1060. The van der Waals surface area contributed by atoms with Crippen LogP contribution in [0.3, 0.4) is 0 Å². The van der Waals surface area contributed by atoms with Gasteiger partial charge in [-0.15, -0.1) is 0 Å². The summed E-state index contributed by atoms with van der Waals surface area (Å²) >= 11 is 0. The van der Waals surface area contributed by atoms with E-state index in [0.717, 1.165) is 16.8 Å². The summed E-state index contributed by atoms with van der Waals surface area (Å²) in [5, 5.41) is 11.4. The van der Waals surface area contributed by atoms with Gasteiger partial charge in [0.25, 0.3) is 0 Å². The van der Waals surface area contributed by atoms with Gasteiger partial charge in [0.2, 0.25) is 0 Å². The maximum absolute atomic E-state index is 11.0. The molecule has 0 aliphatic heterocycles. The third-order valence-electron chi connectivity index (χ3n) is 5.05. The molecule has 2 aromatic carbocycles. The fourth-order valence-electron chi connectivity index (χ4n) is 3.55. The van der Waals surface area contributed by atoms with Gasteiger partial charge in [0.1, 0.15) is 12.4 Å². The fraction of sp³-hybridized carbons (Fsp3) is 0.217. The zero-order valence-corrected chi connectivity index (χ0v) is 15.7. The van der Waals surface area contributed by atoms with Crippen molar-refractivity contribution in [3.8, 4) is 5.75 Å². The lowest BCUT2D eigenvalue weighted by Crippen LogP contribution is -2.12. The predicted molar refractivity (Wildman–Crippen MR) is 110 cm³/mol. The minimum Gasteiger partial charge on any atom is -0.492 e. The van der Waals surface area contributed by atoms with Crippen molar-refractivity contribution >= 4 is 27.8 Å². The van der Waals surface area contributed by atoms with Crippen LogP contribution in [0, 0.1) is 5.92 Å². The summed E-state index contributed by atoms with van der Waals surface area (Å²) in [6, 6.07) is 18.1. The lowest BCUT2D eigenvalue weighted by atomic mass is 10.0. The van der Waals surface area contributed by atoms with Crippen LogP contribution >= 0.6 is 0 Å². The van der Waals surface area contributed by atoms with Crippen molar-refractivity contribution in [3.63, 3.8) is 0 Å². The van der Waals surface area contributed by atoms with E-state index >= 15 is 0 Å². The zero-order chi connectivity index (χ0) is 19.5. The number of hydrogen-bond donors (Lipinski definition) is 1. The minimum absolute atomic E-state index is 0.393. The fourth-order valence-corrected chi connectivity index (χ4v) is 3.55. The molecule has 0 bridgehead atoms. The average molecular weight is 374 g/mol. The Balaban J connectivity index is 1.46. The van der Waals surface area contributed by atoms with E-state index in [9.17, 15) is 4.79 Å². The molecule has 28 heavy (non-hydrogen) atoms. The normalized spacial score (nSPS) is 12.3. The first-order valence-corrected chi connectivity index (χ1v) is 9.39. The highest BCUT2D eigenvalue weighted by atomic mass is 16.5. The van der Waals surface area contributed by atoms with Crippen LogP contribution in [0.5, 0.6) is 5.75 Å². The summed E-state index contributed by atoms with van der Waals surface area (Å²) in [5.74, 6) is -0.387. The van der Waals surface area contributed by atoms with Crippen LogP contribution in [0.25, 0.3) is 21.8 Å². The number of hydrogen-bond acceptors (Lipinski definition) is 3. The van der Waals surface area contributed by atoms with E-state index in [2.05, 4.69) is 27.8 Å². The van der Waals surface area contributed by atoms with Crippen molar-refractivity contribution < 1.29 is 14.6 Å². The minimum atomic E-state index is -0.777. The monoisotopic (exact) mass is 374 g/mol. The summed E-state index contributed by atoms with van der Waals surface area (Å²) in [6.45, 7) is 2.97. The number of fused-ring (bicyclic) bond motifs is 3. The molecule has 0 fully saturated rings. The molecule has 0 saturated carbocycles. The SMILES string of the molecule is CC(Cc1ccc(OCCn2c3ccccc3c3ccncc32)cc1)C(=O)O. The Labute approximate surface area is 163 Å². The smallest absolute Gasteiger partial charge is 0.306 e. The molecule has 142 valence electrons. The van der Waals surface area contributed by atoms with Gasteiger partial charge in [0.15, 0.2) is 0 Å². The number of carboxylic acid groups (broad SMARTS) is 1. The van der Waals surface area contributed by atoms with E-state index in [1.54, 1.807) is 6.92 Å². The molecular formula is C23H22N2O3. The lowest BCUT2D eigenvalue weighted by molar-refractivity contribution is -0.141.